The van der Waals surface area contributed by atoms with E-state index in [1.807, 2.05) is 0 Å². The summed E-state index contributed by atoms with van der Waals surface area (Å²) in [5.41, 5.74) is 6.49. The Labute approximate surface area is 122 Å². The number of rotatable bonds is 5. The van der Waals surface area contributed by atoms with E-state index in [1.54, 1.807) is 36.4 Å². The maximum Gasteiger partial charge on any atom is 0.311 e. The molecule has 0 aliphatic carbocycles. The van der Waals surface area contributed by atoms with Crippen LogP contribution >= 0.6 is 7.37 Å². The number of hydrogen-bond acceptors (Lipinski definition) is 3. The largest absolute Gasteiger partial charge is 0.481 e. The third-order valence-corrected chi connectivity index (χ3v) is 5.17. The monoisotopic (exact) mass is 305 g/mol. The molecule has 0 saturated heterocycles. The van der Waals surface area contributed by atoms with E-state index in [-0.39, 0.29) is 11.5 Å². The van der Waals surface area contributed by atoms with Crippen LogP contribution in [0.2, 0.25) is 0 Å². The molecule has 21 heavy (non-hydrogen) atoms. The van der Waals surface area contributed by atoms with Crippen LogP contribution in [0.4, 0.5) is 5.69 Å². The molecular formula is C15H16NO4P. The summed E-state index contributed by atoms with van der Waals surface area (Å²) < 4.78 is 12.4. The summed E-state index contributed by atoms with van der Waals surface area (Å²) in [6.45, 7) is 0. The Balaban J connectivity index is 2.33. The molecule has 0 amide bonds. The average Bonchev–Trinajstić information content (AvgIpc) is 2.45. The number of aliphatic carboxylic acids is 1. The molecule has 2 rings (SSSR count). The number of anilines is 1. The Hall–Kier alpha value is -2.10. The first-order valence-electron chi connectivity index (χ1n) is 6.36. The Bertz CT molecular complexity index is 687. The highest BCUT2D eigenvalue weighted by molar-refractivity contribution is 7.66. The van der Waals surface area contributed by atoms with Crippen molar-refractivity contribution >= 4 is 24.3 Å². The zero-order valence-corrected chi connectivity index (χ0v) is 12.1. The molecule has 0 spiro atoms. The molecule has 0 aliphatic rings. The van der Waals surface area contributed by atoms with Gasteiger partial charge in [-0.25, -0.2) is 0 Å². The predicted molar refractivity (Wildman–Crippen MR) is 82.0 cm³/mol. The average molecular weight is 305 g/mol. The highest BCUT2D eigenvalue weighted by atomic mass is 31.2. The SMILES string of the molecule is Nc1cccc(C(CP(=O)(O)c2ccccc2)C(=O)O)c1. The molecule has 0 aliphatic heterocycles. The quantitative estimate of drug-likeness (QED) is 0.579. The first-order chi connectivity index (χ1) is 9.90. The van der Waals surface area contributed by atoms with Crippen molar-refractivity contribution in [1.82, 2.24) is 0 Å². The number of benzene rings is 2. The predicted octanol–water partition coefficient (Wildman–Crippen LogP) is 2.03. The van der Waals surface area contributed by atoms with Gasteiger partial charge in [-0.05, 0) is 29.8 Å². The fraction of sp³-hybridized carbons (Fsp3) is 0.133. The van der Waals surface area contributed by atoms with Gasteiger partial charge in [-0.15, -0.1) is 0 Å². The fourth-order valence-electron chi connectivity index (χ4n) is 2.12. The van der Waals surface area contributed by atoms with Gasteiger partial charge in [0.15, 0.2) is 0 Å². The number of carbonyl (C=O) groups is 1. The summed E-state index contributed by atoms with van der Waals surface area (Å²) in [5, 5.41) is 9.60. The van der Waals surface area contributed by atoms with Gasteiger partial charge in [0, 0.05) is 17.2 Å². The molecule has 2 unspecified atom stereocenters. The highest BCUT2D eigenvalue weighted by Gasteiger charge is 2.31. The van der Waals surface area contributed by atoms with E-state index in [9.17, 15) is 19.4 Å². The lowest BCUT2D eigenvalue weighted by Gasteiger charge is -2.18. The molecular weight excluding hydrogens is 289 g/mol. The van der Waals surface area contributed by atoms with Gasteiger partial charge in [0.1, 0.15) is 0 Å². The van der Waals surface area contributed by atoms with E-state index in [4.69, 9.17) is 5.73 Å². The Morgan fingerprint density at radius 2 is 1.81 bits per heavy atom. The molecule has 0 heterocycles. The summed E-state index contributed by atoms with van der Waals surface area (Å²) in [5.74, 6) is -2.23. The molecule has 0 bridgehead atoms. The number of carboxylic acid groups (broad SMARTS) is 1. The molecule has 6 heteroatoms. The van der Waals surface area contributed by atoms with E-state index in [2.05, 4.69) is 0 Å². The van der Waals surface area contributed by atoms with Crippen LogP contribution in [0.1, 0.15) is 11.5 Å². The van der Waals surface area contributed by atoms with Crippen molar-refractivity contribution in [2.45, 2.75) is 5.92 Å². The van der Waals surface area contributed by atoms with Gasteiger partial charge in [0.2, 0.25) is 7.37 Å². The molecule has 2 aromatic rings. The van der Waals surface area contributed by atoms with Crippen molar-refractivity contribution in [2.75, 3.05) is 11.9 Å². The Morgan fingerprint density at radius 3 is 2.38 bits per heavy atom. The molecule has 0 fully saturated rings. The van der Waals surface area contributed by atoms with Crippen molar-refractivity contribution in [1.29, 1.82) is 0 Å². The van der Waals surface area contributed by atoms with Gasteiger partial charge in [0.05, 0.1) is 5.92 Å². The van der Waals surface area contributed by atoms with Crippen LogP contribution in [0.15, 0.2) is 54.6 Å². The minimum Gasteiger partial charge on any atom is -0.481 e. The van der Waals surface area contributed by atoms with Crippen molar-refractivity contribution in [3.8, 4) is 0 Å². The highest BCUT2D eigenvalue weighted by Crippen LogP contribution is 2.43. The van der Waals surface area contributed by atoms with Crippen LogP contribution in [0.3, 0.4) is 0 Å². The van der Waals surface area contributed by atoms with Crippen LogP contribution in [0.5, 0.6) is 0 Å². The minimum atomic E-state index is -3.76. The van der Waals surface area contributed by atoms with Gasteiger partial charge in [-0.1, -0.05) is 30.3 Å². The number of nitrogen functional groups attached to an aromatic ring is 1. The van der Waals surface area contributed by atoms with Crippen LogP contribution in [-0.2, 0) is 9.36 Å². The first-order valence-corrected chi connectivity index (χ1v) is 8.20. The van der Waals surface area contributed by atoms with Crippen LogP contribution in [0, 0.1) is 0 Å². The summed E-state index contributed by atoms with van der Waals surface area (Å²) in [7, 11) is -3.76. The molecule has 0 saturated carbocycles. The smallest absolute Gasteiger partial charge is 0.311 e. The molecule has 2 aromatic carbocycles. The fourth-order valence-corrected chi connectivity index (χ4v) is 3.83. The number of nitrogens with two attached hydrogens (primary N) is 1. The van der Waals surface area contributed by atoms with Gasteiger partial charge in [-0.3, -0.25) is 9.36 Å². The standard InChI is InChI=1S/C15H16NO4P/c16-12-6-4-5-11(9-12)14(15(17)18)10-21(19,20)13-7-2-1-3-8-13/h1-9,14H,10,16H2,(H,17,18)(H,19,20). The van der Waals surface area contributed by atoms with E-state index in [1.165, 1.54) is 18.2 Å². The summed E-state index contributed by atoms with van der Waals surface area (Å²) in [6.07, 6.45) is -0.365. The zero-order chi connectivity index (χ0) is 15.5. The second-order valence-corrected chi connectivity index (χ2v) is 7.07. The van der Waals surface area contributed by atoms with E-state index >= 15 is 0 Å². The van der Waals surface area contributed by atoms with E-state index in [0.29, 0.717) is 11.3 Å². The molecule has 4 N–H and O–H groups in total. The zero-order valence-electron chi connectivity index (χ0n) is 11.2. The van der Waals surface area contributed by atoms with Crippen LogP contribution < -0.4 is 11.0 Å². The third kappa shape index (κ3) is 3.72. The normalized spacial score (nSPS) is 15.1. The van der Waals surface area contributed by atoms with Crippen molar-refractivity contribution in [2.24, 2.45) is 0 Å². The molecule has 2 atom stereocenters. The number of hydrogen-bond donors (Lipinski definition) is 3. The summed E-state index contributed by atoms with van der Waals surface area (Å²) in [6, 6.07) is 14.5. The molecule has 5 nitrogen and oxygen atoms in total. The van der Waals surface area contributed by atoms with E-state index in [0.717, 1.165) is 0 Å². The van der Waals surface area contributed by atoms with Crippen molar-refractivity contribution in [3.63, 3.8) is 0 Å². The molecule has 0 aromatic heterocycles. The number of carboxylic acids is 1. The second-order valence-electron chi connectivity index (χ2n) is 4.78. The van der Waals surface area contributed by atoms with Crippen LogP contribution in [0.25, 0.3) is 0 Å². The molecule has 0 radical (unpaired) electrons. The van der Waals surface area contributed by atoms with Gasteiger partial charge >= 0.3 is 5.97 Å². The first kappa shape index (κ1) is 15.3. The lowest BCUT2D eigenvalue weighted by atomic mass is 10.0. The Morgan fingerprint density at radius 1 is 1.14 bits per heavy atom. The minimum absolute atomic E-state index is 0.250. The Kier molecular flexibility index (Phi) is 4.46. The maximum absolute atomic E-state index is 12.4. The lowest BCUT2D eigenvalue weighted by molar-refractivity contribution is -0.138. The molecule has 110 valence electrons. The van der Waals surface area contributed by atoms with E-state index < -0.39 is 19.3 Å². The topological polar surface area (TPSA) is 101 Å². The summed E-state index contributed by atoms with van der Waals surface area (Å²) >= 11 is 0. The van der Waals surface area contributed by atoms with Crippen LogP contribution in [-0.4, -0.2) is 22.1 Å². The van der Waals surface area contributed by atoms with Crippen molar-refractivity contribution < 1.29 is 19.4 Å². The second kappa shape index (κ2) is 6.12. The van der Waals surface area contributed by atoms with Crippen molar-refractivity contribution in [3.05, 3.63) is 60.2 Å². The van der Waals surface area contributed by atoms with Gasteiger partial charge < -0.3 is 15.7 Å². The lowest BCUT2D eigenvalue weighted by Crippen LogP contribution is -2.19. The van der Waals surface area contributed by atoms with Gasteiger partial charge in [-0.2, -0.15) is 0 Å². The summed E-state index contributed by atoms with van der Waals surface area (Å²) in [4.78, 5) is 21.6. The maximum atomic E-state index is 12.4. The van der Waals surface area contributed by atoms with Gasteiger partial charge in [0.25, 0.3) is 0 Å². The third-order valence-electron chi connectivity index (χ3n) is 3.20.